The molecule has 3 unspecified atom stereocenters. The Labute approximate surface area is 303 Å². The fourth-order valence-corrected chi connectivity index (χ4v) is 6.49. The van der Waals surface area contributed by atoms with Crippen LogP contribution >= 0.6 is 0 Å². The minimum Gasteiger partial charge on any atom is -0.460 e. The first kappa shape index (κ1) is 48.0. The summed E-state index contributed by atoms with van der Waals surface area (Å²) in [6, 6.07) is 0.451. The molecular weight excluding hydrogens is 616 g/mol. The van der Waals surface area contributed by atoms with E-state index >= 15 is 0 Å². The van der Waals surface area contributed by atoms with Crippen molar-refractivity contribution in [3.8, 4) is 0 Å². The monoisotopic (exact) mass is 699 g/mol. The van der Waals surface area contributed by atoms with Crippen LogP contribution in [0.15, 0.2) is 12.2 Å². The smallest absolute Gasteiger partial charge is 0.306 e. The summed E-state index contributed by atoms with van der Waals surface area (Å²) in [7, 11) is 2.89. The predicted molar refractivity (Wildman–Crippen MR) is 205 cm³/mol. The highest BCUT2D eigenvalue weighted by molar-refractivity contribution is 5.69. The van der Waals surface area contributed by atoms with E-state index in [1.165, 1.54) is 142 Å². The first-order chi connectivity index (χ1) is 23.7. The first-order valence-corrected chi connectivity index (χ1v) is 20.6. The molecule has 0 radical (unpaired) electrons. The van der Waals surface area contributed by atoms with Crippen LogP contribution in [0.2, 0.25) is 0 Å². The highest BCUT2D eigenvalue weighted by Gasteiger charge is 2.25. The van der Waals surface area contributed by atoms with E-state index in [1.54, 1.807) is 0 Å². The Bertz CT molecular complexity index is 754. The Morgan fingerprint density at radius 2 is 1.22 bits per heavy atom. The Hall–Kier alpha value is -1.03. The molecule has 0 aromatic rings. The molecule has 0 saturated carbocycles. The summed E-state index contributed by atoms with van der Waals surface area (Å²) in [4.78, 5) is 32.7. The number of nitrogens with one attached hydrogen (secondary N) is 1. The molecule has 0 fully saturated rings. The van der Waals surface area contributed by atoms with Crippen molar-refractivity contribution >= 4 is 5.97 Å². The second-order valence-electron chi connectivity index (χ2n) is 14.8. The summed E-state index contributed by atoms with van der Waals surface area (Å²) in [5, 5.41) is 4.82. The van der Waals surface area contributed by atoms with Gasteiger partial charge < -0.3 is 10.1 Å². The number of unbranched alkanes of at least 4 members (excludes halogenated alkanes) is 17. The van der Waals surface area contributed by atoms with E-state index in [-0.39, 0.29) is 18.1 Å². The van der Waals surface area contributed by atoms with E-state index in [4.69, 9.17) is 19.6 Å². The standard InChI is InChI=1S/C41H82N2O6/c1-9-12-14-16-18-19-20-21-22-23-24-25-27-30-37(4)32-33-39(36-46-49-43(7)48-45-8)47-40(44)31-29-35-41(6,42-38(5)11-3)34-28-26-17-15-13-10-2/h38-39,42H,4,9-36H2,1-3,5-8H3. The third-order valence-corrected chi connectivity index (χ3v) is 9.74. The molecule has 0 aliphatic heterocycles. The lowest BCUT2D eigenvalue weighted by Gasteiger charge is -2.34. The quantitative estimate of drug-likeness (QED) is 0.0224. The van der Waals surface area contributed by atoms with E-state index in [2.05, 4.69) is 51.4 Å². The van der Waals surface area contributed by atoms with Gasteiger partial charge in [0.15, 0.2) is 0 Å². The summed E-state index contributed by atoms with van der Waals surface area (Å²) in [5.41, 5.74) is 1.22. The van der Waals surface area contributed by atoms with Gasteiger partial charge in [-0.3, -0.25) is 4.79 Å². The minimum absolute atomic E-state index is 0.0219. The van der Waals surface area contributed by atoms with Gasteiger partial charge >= 0.3 is 5.97 Å². The summed E-state index contributed by atoms with van der Waals surface area (Å²) in [5.74, 6) is -0.192. The van der Waals surface area contributed by atoms with Crippen molar-refractivity contribution in [2.45, 2.75) is 226 Å². The Balaban J connectivity index is 4.59. The molecule has 0 saturated heterocycles. The number of hydroxylamine groups is 2. The van der Waals surface area contributed by atoms with Crippen molar-refractivity contribution in [1.29, 1.82) is 0 Å². The molecule has 8 heteroatoms. The second kappa shape index (κ2) is 34.1. The van der Waals surface area contributed by atoms with Gasteiger partial charge in [0.05, 0.1) is 7.11 Å². The molecule has 0 amide bonds. The van der Waals surface area contributed by atoms with E-state index in [9.17, 15) is 4.79 Å². The van der Waals surface area contributed by atoms with Gasteiger partial charge in [-0.15, -0.1) is 9.98 Å². The van der Waals surface area contributed by atoms with E-state index in [0.29, 0.717) is 18.9 Å². The van der Waals surface area contributed by atoms with Gasteiger partial charge in [0, 0.05) is 25.0 Å². The number of hydrogen-bond donors (Lipinski definition) is 1. The van der Waals surface area contributed by atoms with Gasteiger partial charge in [-0.1, -0.05) is 148 Å². The third-order valence-electron chi connectivity index (χ3n) is 9.74. The zero-order valence-electron chi connectivity index (χ0n) is 33.6. The van der Waals surface area contributed by atoms with Crippen molar-refractivity contribution in [1.82, 2.24) is 10.5 Å². The lowest BCUT2D eigenvalue weighted by molar-refractivity contribution is -0.591. The molecule has 0 aliphatic rings. The molecule has 0 aromatic heterocycles. The van der Waals surface area contributed by atoms with Crippen LogP contribution in [0.5, 0.6) is 0 Å². The van der Waals surface area contributed by atoms with Crippen LogP contribution < -0.4 is 5.32 Å². The number of allylic oxidation sites excluding steroid dienone is 1. The molecule has 8 nitrogen and oxygen atoms in total. The highest BCUT2D eigenvalue weighted by Crippen LogP contribution is 2.24. The van der Waals surface area contributed by atoms with E-state index in [0.717, 1.165) is 43.8 Å². The molecular formula is C41H82N2O6. The number of nitrogens with zero attached hydrogens (tertiary/aromatic N) is 1. The predicted octanol–water partition coefficient (Wildman–Crippen LogP) is 12.1. The number of rotatable bonds is 38. The number of hydrogen-bond acceptors (Lipinski definition) is 8. The van der Waals surface area contributed by atoms with Crippen molar-refractivity contribution in [3.63, 3.8) is 0 Å². The van der Waals surface area contributed by atoms with Crippen molar-refractivity contribution < 1.29 is 29.3 Å². The molecule has 0 spiro atoms. The van der Waals surface area contributed by atoms with Gasteiger partial charge in [-0.05, 0) is 70.4 Å². The average Bonchev–Trinajstić information content (AvgIpc) is 3.07. The Morgan fingerprint density at radius 3 is 1.76 bits per heavy atom. The van der Waals surface area contributed by atoms with Crippen molar-refractivity contribution in [3.05, 3.63) is 12.2 Å². The summed E-state index contributed by atoms with van der Waals surface area (Å²) < 4.78 is 5.92. The van der Waals surface area contributed by atoms with Crippen LogP contribution in [-0.4, -0.2) is 49.6 Å². The highest BCUT2D eigenvalue weighted by atomic mass is 17.4. The molecule has 292 valence electrons. The maximum absolute atomic E-state index is 13.0. The van der Waals surface area contributed by atoms with Crippen molar-refractivity contribution in [2.75, 3.05) is 20.8 Å². The first-order valence-electron chi connectivity index (χ1n) is 20.6. The van der Waals surface area contributed by atoms with E-state index in [1.807, 2.05) is 0 Å². The van der Waals surface area contributed by atoms with Gasteiger partial charge in [-0.25, -0.2) is 9.78 Å². The molecule has 0 bridgehead atoms. The number of esters is 1. The molecule has 0 heterocycles. The van der Waals surface area contributed by atoms with Crippen molar-refractivity contribution in [2.24, 2.45) is 0 Å². The topological polar surface area (TPSA) is 78.5 Å². The number of carbonyl (C=O) groups is 1. The third kappa shape index (κ3) is 31.4. The minimum atomic E-state index is -0.431. The molecule has 49 heavy (non-hydrogen) atoms. The van der Waals surface area contributed by atoms with E-state index < -0.39 is 6.10 Å². The van der Waals surface area contributed by atoms with Crippen LogP contribution in [0.25, 0.3) is 0 Å². The normalized spacial score (nSPS) is 14.2. The van der Waals surface area contributed by atoms with Gasteiger partial charge in [-0.2, -0.15) is 0 Å². The SMILES string of the molecule is C=C(CCCCCCCCCCCCCCC)CCC(COON(C)OOC)OC(=O)CCCC(C)(CCCCCCCC)NC(C)CC. The van der Waals surface area contributed by atoms with Gasteiger partial charge in [0.25, 0.3) is 0 Å². The number of carbonyl (C=O) groups excluding carboxylic acids is 1. The molecule has 0 aliphatic carbocycles. The van der Waals surface area contributed by atoms with Crippen LogP contribution in [0.4, 0.5) is 0 Å². The Kier molecular flexibility index (Phi) is 33.4. The summed E-state index contributed by atoms with van der Waals surface area (Å²) >= 11 is 0. The number of ether oxygens (including phenoxy) is 1. The largest absolute Gasteiger partial charge is 0.460 e. The van der Waals surface area contributed by atoms with Crippen LogP contribution in [0.1, 0.15) is 208 Å². The summed E-state index contributed by atoms with van der Waals surface area (Å²) in [6.07, 6.45) is 31.7. The van der Waals surface area contributed by atoms with Crippen LogP contribution in [0, 0.1) is 0 Å². The lowest BCUT2D eigenvalue weighted by Crippen LogP contribution is -2.47. The maximum atomic E-state index is 13.0. The lowest BCUT2D eigenvalue weighted by atomic mass is 9.87. The van der Waals surface area contributed by atoms with Gasteiger partial charge in [0.1, 0.15) is 12.7 Å². The summed E-state index contributed by atoms with van der Waals surface area (Å²) in [6.45, 7) is 15.8. The molecule has 0 aromatic carbocycles. The second-order valence-corrected chi connectivity index (χ2v) is 14.8. The fraction of sp³-hybridized carbons (Fsp3) is 0.927. The maximum Gasteiger partial charge on any atom is 0.306 e. The van der Waals surface area contributed by atoms with Crippen LogP contribution in [0.3, 0.4) is 0 Å². The zero-order valence-corrected chi connectivity index (χ0v) is 33.6. The fourth-order valence-electron chi connectivity index (χ4n) is 6.49. The Morgan fingerprint density at radius 1 is 0.714 bits per heavy atom. The zero-order chi connectivity index (χ0) is 36.4. The van der Waals surface area contributed by atoms with Crippen LogP contribution in [-0.2, 0) is 29.3 Å². The average molecular weight is 699 g/mol. The van der Waals surface area contributed by atoms with Gasteiger partial charge in [0.2, 0.25) is 0 Å². The molecule has 0 rings (SSSR count). The molecule has 1 N–H and O–H groups in total. The molecule has 3 atom stereocenters.